The molecule has 1 aromatic carbocycles. The van der Waals surface area contributed by atoms with Gasteiger partial charge in [-0.05, 0) is 6.07 Å². The van der Waals surface area contributed by atoms with E-state index in [9.17, 15) is 9.59 Å². The molecule has 0 spiro atoms. The van der Waals surface area contributed by atoms with Gasteiger partial charge in [-0.1, -0.05) is 11.6 Å². The number of halogens is 1. The highest BCUT2D eigenvalue weighted by molar-refractivity contribution is 6.33. The van der Waals surface area contributed by atoms with E-state index in [-0.39, 0.29) is 22.0 Å². The first-order valence-electron chi connectivity index (χ1n) is 3.79. The van der Waals surface area contributed by atoms with Crippen molar-refractivity contribution < 1.29 is 19.4 Å². The third-order valence-corrected chi connectivity index (χ3v) is 1.97. The molecule has 0 bridgehead atoms. The van der Waals surface area contributed by atoms with Gasteiger partial charge in [0.25, 0.3) is 0 Å². The van der Waals surface area contributed by atoms with Gasteiger partial charge in [0.2, 0.25) is 6.08 Å². The van der Waals surface area contributed by atoms with Crippen LogP contribution in [-0.2, 0) is 4.79 Å². The van der Waals surface area contributed by atoms with E-state index < -0.39 is 5.97 Å². The molecule has 78 valence electrons. The Labute approximate surface area is 90.0 Å². The van der Waals surface area contributed by atoms with E-state index >= 15 is 0 Å². The molecule has 0 atom stereocenters. The number of carboxylic acid groups (broad SMARTS) is 1. The SMILES string of the molecule is COc1cc(N=C=O)c(Cl)cc1C(=O)O. The maximum absolute atomic E-state index is 10.8. The van der Waals surface area contributed by atoms with Crippen LogP contribution < -0.4 is 4.74 Å². The number of methoxy groups -OCH3 is 1. The minimum absolute atomic E-state index is 0.0524. The molecule has 0 aliphatic rings. The van der Waals surface area contributed by atoms with Crippen molar-refractivity contribution >= 4 is 29.3 Å². The molecule has 0 saturated carbocycles. The average Bonchev–Trinajstić information content (AvgIpc) is 2.20. The largest absolute Gasteiger partial charge is 0.496 e. The molecule has 0 saturated heterocycles. The normalized spacial score (nSPS) is 9.20. The fraction of sp³-hybridized carbons (Fsp3) is 0.111. The van der Waals surface area contributed by atoms with Crippen molar-refractivity contribution in [2.45, 2.75) is 0 Å². The molecule has 0 heterocycles. The number of hydrogen-bond acceptors (Lipinski definition) is 4. The Hall–Kier alpha value is -1.84. The number of ether oxygens (including phenoxy) is 1. The van der Waals surface area contributed by atoms with Crippen molar-refractivity contribution in [1.29, 1.82) is 0 Å². The summed E-state index contributed by atoms with van der Waals surface area (Å²) in [5.74, 6) is -1.09. The molecular weight excluding hydrogens is 222 g/mol. The summed E-state index contributed by atoms with van der Waals surface area (Å²) in [5, 5.41) is 8.85. The number of benzene rings is 1. The predicted octanol–water partition coefficient (Wildman–Crippen LogP) is 2.01. The van der Waals surface area contributed by atoms with Crippen LogP contribution in [0.3, 0.4) is 0 Å². The Kier molecular flexibility index (Phi) is 3.44. The minimum Gasteiger partial charge on any atom is -0.496 e. The Morgan fingerprint density at radius 2 is 2.27 bits per heavy atom. The molecule has 0 amide bonds. The first-order chi connectivity index (χ1) is 7.10. The Morgan fingerprint density at radius 1 is 1.60 bits per heavy atom. The lowest BCUT2D eigenvalue weighted by atomic mass is 10.2. The van der Waals surface area contributed by atoms with Crippen molar-refractivity contribution in [2.75, 3.05) is 7.11 Å². The van der Waals surface area contributed by atoms with Gasteiger partial charge in [0, 0.05) is 6.07 Å². The number of aliphatic imine (C=N–C) groups is 1. The van der Waals surface area contributed by atoms with E-state index in [1.54, 1.807) is 0 Å². The molecular formula is C9H6ClNO4. The highest BCUT2D eigenvalue weighted by atomic mass is 35.5. The fourth-order valence-corrected chi connectivity index (χ4v) is 1.22. The van der Waals surface area contributed by atoms with Crippen molar-refractivity contribution in [2.24, 2.45) is 4.99 Å². The first kappa shape index (κ1) is 11.2. The number of nitrogens with zero attached hydrogens (tertiary/aromatic N) is 1. The zero-order valence-electron chi connectivity index (χ0n) is 7.65. The van der Waals surface area contributed by atoms with E-state index in [0.29, 0.717) is 0 Å². The molecule has 5 nitrogen and oxygen atoms in total. The second kappa shape index (κ2) is 4.59. The third kappa shape index (κ3) is 2.34. The average molecular weight is 228 g/mol. The van der Waals surface area contributed by atoms with Crippen molar-refractivity contribution in [3.05, 3.63) is 22.7 Å². The van der Waals surface area contributed by atoms with E-state index in [2.05, 4.69) is 4.99 Å². The highest BCUT2D eigenvalue weighted by Gasteiger charge is 2.14. The lowest BCUT2D eigenvalue weighted by Gasteiger charge is -2.06. The Balaban J connectivity index is 3.41. The van der Waals surface area contributed by atoms with Crippen LogP contribution in [0.25, 0.3) is 0 Å². The van der Waals surface area contributed by atoms with E-state index in [1.165, 1.54) is 25.3 Å². The maximum Gasteiger partial charge on any atom is 0.339 e. The summed E-state index contributed by atoms with van der Waals surface area (Å²) in [6, 6.07) is 2.43. The summed E-state index contributed by atoms with van der Waals surface area (Å²) in [6.45, 7) is 0. The Bertz CT molecular complexity index is 452. The van der Waals surface area contributed by atoms with Gasteiger partial charge in [-0.25, -0.2) is 9.59 Å². The van der Waals surface area contributed by atoms with Crippen molar-refractivity contribution in [1.82, 2.24) is 0 Å². The van der Waals surface area contributed by atoms with Gasteiger partial charge in [-0.15, -0.1) is 0 Å². The molecule has 15 heavy (non-hydrogen) atoms. The molecule has 1 rings (SSSR count). The van der Waals surface area contributed by atoms with Crippen LogP contribution in [0, 0.1) is 0 Å². The molecule has 0 fully saturated rings. The van der Waals surface area contributed by atoms with Gasteiger partial charge in [-0.3, -0.25) is 0 Å². The molecule has 0 aromatic heterocycles. The second-order valence-corrected chi connectivity index (χ2v) is 2.92. The quantitative estimate of drug-likeness (QED) is 0.633. The van der Waals surface area contributed by atoms with Crippen molar-refractivity contribution in [3.63, 3.8) is 0 Å². The molecule has 0 aliphatic heterocycles. The topological polar surface area (TPSA) is 76.0 Å². The number of rotatable bonds is 3. The van der Waals surface area contributed by atoms with Crippen molar-refractivity contribution in [3.8, 4) is 5.75 Å². The number of aromatic carboxylic acids is 1. The van der Waals surface area contributed by atoms with E-state index in [4.69, 9.17) is 21.4 Å². The smallest absolute Gasteiger partial charge is 0.339 e. The van der Waals surface area contributed by atoms with Crippen LogP contribution in [0.15, 0.2) is 17.1 Å². The fourth-order valence-electron chi connectivity index (χ4n) is 1.01. The molecule has 0 radical (unpaired) electrons. The molecule has 1 aromatic rings. The van der Waals surface area contributed by atoms with Gasteiger partial charge < -0.3 is 9.84 Å². The maximum atomic E-state index is 10.8. The summed E-state index contributed by atoms with van der Waals surface area (Å²) in [7, 11) is 1.31. The number of carbonyl (C=O) groups excluding carboxylic acids is 1. The van der Waals surface area contributed by atoms with Crippen LogP contribution in [0.2, 0.25) is 5.02 Å². The van der Waals surface area contributed by atoms with Crippen LogP contribution in [-0.4, -0.2) is 24.3 Å². The van der Waals surface area contributed by atoms with Gasteiger partial charge in [0.05, 0.1) is 17.8 Å². The summed E-state index contributed by atoms with van der Waals surface area (Å²) in [5.41, 5.74) is 0.0286. The number of isocyanates is 1. The van der Waals surface area contributed by atoms with Gasteiger partial charge in [0.15, 0.2) is 0 Å². The third-order valence-electron chi connectivity index (χ3n) is 1.67. The summed E-state index contributed by atoms with van der Waals surface area (Å²) >= 11 is 5.69. The summed E-state index contributed by atoms with van der Waals surface area (Å²) < 4.78 is 4.82. The lowest BCUT2D eigenvalue weighted by Crippen LogP contribution is -2.00. The monoisotopic (exact) mass is 227 g/mol. The minimum atomic E-state index is -1.17. The van der Waals surface area contributed by atoms with Crippen LogP contribution >= 0.6 is 11.6 Å². The van der Waals surface area contributed by atoms with Crippen LogP contribution in [0.1, 0.15) is 10.4 Å². The molecule has 1 N–H and O–H groups in total. The standard InChI is InChI=1S/C9H6ClNO4/c1-15-8-3-7(11-4-12)6(10)2-5(8)9(13)14/h2-3H,1H3,(H,13,14). The number of hydrogen-bond donors (Lipinski definition) is 1. The first-order valence-corrected chi connectivity index (χ1v) is 4.16. The predicted molar refractivity (Wildman–Crippen MR) is 52.7 cm³/mol. The number of carboxylic acids is 1. The summed E-state index contributed by atoms with van der Waals surface area (Å²) in [6.07, 6.45) is 1.31. The molecule has 6 heteroatoms. The van der Waals surface area contributed by atoms with Gasteiger partial charge >= 0.3 is 5.97 Å². The van der Waals surface area contributed by atoms with Gasteiger partial charge in [0.1, 0.15) is 11.3 Å². The highest BCUT2D eigenvalue weighted by Crippen LogP contribution is 2.32. The lowest BCUT2D eigenvalue weighted by molar-refractivity contribution is 0.0693. The molecule has 0 aliphatic carbocycles. The number of carbonyl (C=O) groups is 1. The zero-order valence-corrected chi connectivity index (χ0v) is 8.41. The van der Waals surface area contributed by atoms with E-state index in [0.717, 1.165) is 0 Å². The van der Waals surface area contributed by atoms with Crippen LogP contribution in [0.5, 0.6) is 5.75 Å². The Morgan fingerprint density at radius 3 is 2.73 bits per heavy atom. The molecule has 0 unspecified atom stereocenters. The van der Waals surface area contributed by atoms with E-state index in [1.807, 2.05) is 0 Å². The summed E-state index contributed by atoms with van der Waals surface area (Å²) in [4.78, 5) is 24.1. The zero-order chi connectivity index (χ0) is 11.4. The van der Waals surface area contributed by atoms with Gasteiger partial charge in [-0.2, -0.15) is 4.99 Å². The van der Waals surface area contributed by atoms with Crippen LogP contribution in [0.4, 0.5) is 5.69 Å². The second-order valence-electron chi connectivity index (χ2n) is 2.51.